The Morgan fingerprint density at radius 2 is 2.50 bits per heavy atom. The molecule has 0 bridgehead atoms. The average molecular weight is 212 g/mol. The van der Waals surface area contributed by atoms with Crippen molar-refractivity contribution in [3.8, 4) is 0 Å². The van der Waals surface area contributed by atoms with Crippen molar-refractivity contribution in [1.29, 1.82) is 0 Å². The van der Waals surface area contributed by atoms with Gasteiger partial charge in [0.25, 0.3) is 0 Å². The zero-order valence-corrected chi connectivity index (χ0v) is 8.49. The fourth-order valence-corrected chi connectivity index (χ4v) is 1.04. The van der Waals surface area contributed by atoms with Gasteiger partial charge in [-0.3, -0.25) is 4.98 Å². The Bertz CT molecular complexity index is 350. The molecule has 0 aliphatic heterocycles. The quantitative estimate of drug-likeness (QED) is 0.569. The van der Waals surface area contributed by atoms with Crippen LogP contribution in [-0.4, -0.2) is 17.6 Å². The summed E-state index contributed by atoms with van der Waals surface area (Å²) in [5.41, 5.74) is 0.558. The Morgan fingerprint density at radius 1 is 1.71 bits per heavy atom. The molecule has 4 heteroatoms. The van der Waals surface area contributed by atoms with Gasteiger partial charge in [0.05, 0.1) is 17.3 Å². The molecule has 3 nitrogen and oxygen atoms in total. The molecule has 1 rings (SSSR count). The number of aromatic nitrogens is 1. The first-order valence-corrected chi connectivity index (χ1v) is 4.57. The fraction of sp³-hybridized carbons (Fsp3) is 0.200. The van der Waals surface area contributed by atoms with E-state index in [0.717, 1.165) is 0 Å². The van der Waals surface area contributed by atoms with Crippen LogP contribution in [-0.2, 0) is 9.53 Å². The van der Waals surface area contributed by atoms with Crippen molar-refractivity contribution in [1.82, 2.24) is 4.98 Å². The van der Waals surface area contributed by atoms with Gasteiger partial charge in [-0.2, -0.15) is 0 Å². The van der Waals surface area contributed by atoms with Gasteiger partial charge in [0.2, 0.25) is 0 Å². The number of esters is 1. The summed E-state index contributed by atoms with van der Waals surface area (Å²) in [5, 5.41) is 0.507. The number of hydrogen-bond donors (Lipinski definition) is 0. The maximum absolute atomic E-state index is 10.9. The number of rotatable bonds is 3. The van der Waals surface area contributed by atoms with Crippen LogP contribution >= 0.6 is 11.6 Å². The molecule has 0 aliphatic carbocycles. The molecule has 0 saturated heterocycles. The summed E-state index contributed by atoms with van der Waals surface area (Å²) in [4.78, 5) is 14.9. The van der Waals surface area contributed by atoms with E-state index < -0.39 is 5.97 Å². The number of pyridine rings is 1. The Kier molecular flexibility index (Phi) is 4.13. The predicted octanol–water partition coefficient (Wildman–Crippen LogP) is 2.31. The van der Waals surface area contributed by atoms with Crippen LogP contribution in [0.2, 0.25) is 5.02 Å². The SMILES string of the molecule is CCOC(=O)C=Cc1ncccc1Cl. The number of ether oxygens (including phenoxy) is 1. The van der Waals surface area contributed by atoms with Crippen LogP contribution in [0, 0.1) is 0 Å². The minimum Gasteiger partial charge on any atom is -0.463 e. The van der Waals surface area contributed by atoms with Crippen LogP contribution in [0.4, 0.5) is 0 Å². The molecule has 0 saturated carbocycles. The van der Waals surface area contributed by atoms with Crippen LogP contribution in [0.25, 0.3) is 6.08 Å². The van der Waals surface area contributed by atoms with Gasteiger partial charge in [-0.05, 0) is 25.1 Å². The molecular weight excluding hydrogens is 202 g/mol. The first-order chi connectivity index (χ1) is 6.74. The highest BCUT2D eigenvalue weighted by Gasteiger charge is 1.97. The summed E-state index contributed by atoms with van der Waals surface area (Å²) in [5.74, 6) is -0.394. The normalized spacial score (nSPS) is 10.4. The van der Waals surface area contributed by atoms with Crippen LogP contribution in [0.3, 0.4) is 0 Å². The zero-order valence-electron chi connectivity index (χ0n) is 7.74. The molecule has 0 aromatic carbocycles. The number of halogens is 1. The minimum absolute atomic E-state index is 0.360. The Balaban J connectivity index is 2.69. The van der Waals surface area contributed by atoms with Crippen molar-refractivity contribution in [2.45, 2.75) is 6.92 Å². The second kappa shape index (κ2) is 5.40. The lowest BCUT2D eigenvalue weighted by Gasteiger charge is -1.96. The molecule has 1 aromatic heterocycles. The van der Waals surface area contributed by atoms with E-state index in [4.69, 9.17) is 16.3 Å². The molecule has 14 heavy (non-hydrogen) atoms. The molecule has 0 N–H and O–H groups in total. The molecule has 1 heterocycles. The largest absolute Gasteiger partial charge is 0.463 e. The monoisotopic (exact) mass is 211 g/mol. The van der Waals surface area contributed by atoms with Crippen LogP contribution < -0.4 is 0 Å². The van der Waals surface area contributed by atoms with Crippen LogP contribution in [0.15, 0.2) is 24.4 Å². The molecule has 0 aliphatic rings. The Morgan fingerprint density at radius 3 is 3.14 bits per heavy atom. The van der Waals surface area contributed by atoms with E-state index in [1.807, 2.05) is 0 Å². The van der Waals surface area contributed by atoms with Crippen molar-refractivity contribution < 1.29 is 9.53 Å². The summed E-state index contributed by atoms with van der Waals surface area (Å²) < 4.78 is 4.71. The third-order valence-corrected chi connectivity index (χ3v) is 1.77. The fourth-order valence-electron chi connectivity index (χ4n) is 0.858. The Labute approximate surface area is 87.4 Å². The molecule has 0 fully saturated rings. The van der Waals surface area contributed by atoms with Gasteiger partial charge in [-0.1, -0.05) is 11.6 Å². The molecule has 0 spiro atoms. The van der Waals surface area contributed by atoms with Gasteiger partial charge >= 0.3 is 5.97 Å². The number of nitrogens with zero attached hydrogens (tertiary/aromatic N) is 1. The number of carbonyl (C=O) groups excluding carboxylic acids is 1. The zero-order chi connectivity index (χ0) is 10.4. The molecule has 0 atom stereocenters. The summed E-state index contributed by atoms with van der Waals surface area (Å²) in [6.07, 6.45) is 4.44. The second-order valence-electron chi connectivity index (χ2n) is 2.46. The van der Waals surface area contributed by atoms with E-state index in [9.17, 15) is 4.79 Å². The molecular formula is C10H10ClNO2. The van der Waals surface area contributed by atoms with Crippen molar-refractivity contribution >= 4 is 23.6 Å². The lowest BCUT2D eigenvalue weighted by Crippen LogP contribution is -1.98. The highest BCUT2D eigenvalue weighted by atomic mass is 35.5. The van der Waals surface area contributed by atoms with Gasteiger partial charge in [0.1, 0.15) is 0 Å². The maximum atomic E-state index is 10.9. The summed E-state index contributed by atoms with van der Waals surface area (Å²) in [7, 11) is 0. The van der Waals surface area contributed by atoms with Gasteiger partial charge < -0.3 is 4.74 Å². The third kappa shape index (κ3) is 3.18. The van der Waals surface area contributed by atoms with E-state index in [0.29, 0.717) is 17.3 Å². The smallest absolute Gasteiger partial charge is 0.330 e. The molecule has 0 amide bonds. The molecule has 0 unspecified atom stereocenters. The summed E-state index contributed by atoms with van der Waals surface area (Å²) in [6.45, 7) is 2.11. The molecule has 1 aromatic rings. The van der Waals surface area contributed by atoms with Gasteiger partial charge in [-0.25, -0.2) is 4.79 Å². The number of hydrogen-bond acceptors (Lipinski definition) is 3. The van der Waals surface area contributed by atoms with E-state index in [-0.39, 0.29) is 0 Å². The highest BCUT2D eigenvalue weighted by molar-refractivity contribution is 6.31. The van der Waals surface area contributed by atoms with Crippen LogP contribution in [0.5, 0.6) is 0 Å². The topological polar surface area (TPSA) is 39.2 Å². The first kappa shape index (κ1) is 10.7. The summed E-state index contributed by atoms with van der Waals surface area (Å²) >= 11 is 5.82. The van der Waals surface area contributed by atoms with E-state index >= 15 is 0 Å². The van der Waals surface area contributed by atoms with Crippen molar-refractivity contribution in [2.75, 3.05) is 6.61 Å². The lowest BCUT2D eigenvalue weighted by atomic mass is 10.3. The maximum Gasteiger partial charge on any atom is 0.330 e. The molecule has 0 radical (unpaired) electrons. The highest BCUT2D eigenvalue weighted by Crippen LogP contribution is 2.13. The van der Waals surface area contributed by atoms with Crippen molar-refractivity contribution in [3.63, 3.8) is 0 Å². The average Bonchev–Trinajstić information content (AvgIpc) is 2.17. The van der Waals surface area contributed by atoms with Gasteiger partial charge in [-0.15, -0.1) is 0 Å². The van der Waals surface area contributed by atoms with Gasteiger partial charge in [0.15, 0.2) is 0 Å². The minimum atomic E-state index is -0.394. The van der Waals surface area contributed by atoms with E-state index in [1.165, 1.54) is 12.2 Å². The van der Waals surface area contributed by atoms with E-state index in [1.54, 1.807) is 25.3 Å². The Hall–Kier alpha value is -1.35. The second-order valence-corrected chi connectivity index (χ2v) is 2.86. The number of carbonyl (C=O) groups is 1. The summed E-state index contributed by atoms with van der Waals surface area (Å²) in [6, 6.07) is 3.43. The van der Waals surface area contributed by atoms with E-state index in [2.05, 4.69) is 4.98 Å². The van der Waals surface area contributed by atoms with Gasteiger partial charge in [0, 0.05) is 12.3 Å². The molecule has 74 valence electrons. The lowest BCUT2D eigenvalue weighted by molar-refractivity contribution is -0.137. The van der Waals surface area contributed by atoms with Crippen molar-refractivity contribution in [2.24, 2.45) is 0 Å². The predicted molar refractivity (Wildman–Crippen MR) is 54.9 cm³/mol. The first-order valence-electron chi connectivity index (χ1n) is 4.19. The third-order valence-electron chi connectivity index (χ3n) is 1.45. The van der Waals surface area contributed by atoms with Crippen LogP contribution in [0.1, 0.15) is 12.6 Å². The standard InChI is InChI=1S/C10H10ClNO2/c1-2-14-10(13)6-5-9-8(11)4-3-7-12-9/h3-7H,2H2,1H3. The van der Waals surface area contributed by atoms with Crippen molar-refractivity contribution in [3.05, 3.63) is 35.1 Å².